The fraction of sp³-hybridized carbons (Fsp3) is 0.400. The minimum absolute atomic E-state index is 0.0134. The third-order valence-electron chi connectivity index (χ3n) is 4.23. The van der Waals surface area contributed by atoms with Crippen LogP contribution in [0.3, 0.4) is 0 Å². The Labute approximate surface area is 125 Å². The first kappa shape index (κ1) is 12.9. The second-order valence-electron chi connectivity index (χ2n) is 6.01. The topological polar surface area (TPSA) is 47.8 Å². The SMILES string of the molecule is [B]C1([B])C[C@@H](c2ccccc2)n2nc(C(=O)C3CC3)nc21. The Morgan fingerprint density at radius 1 is 1.24 bits per heavy atom. The number of carbonyl (C=O) groups excluding carboxylic acids is 1. The van der Waals surface area contributed by atoms with E-state index in [4.69, 9.17) is 15.7 Å². The van der Waals surface area contributed by atoms with E-state index < -0.39 is 5.21 Å². The smallest absolute Gasteiger partial charge is 0.217 e. The first-order chi connectivity index (χ1) is 10.1. The maximum atomic E-state index is 12.1. The second-order valence-corrected chi connectivity index (χ2v) is 6.01. The third-order valence-corrected chi connectivity index (χ3v) is 4.23. The molecule has 1 aromatic carbocycles. The summed E-state index contributed by atoms with van der Waals surface area (Å²) in [6.07, 6.45) is 2.40. The molecule has 21 heavy (non-hydrogen) atoms. The Hall–Kier alpha value is -1.84. The molecule has 0 unspecified atom stereocenters. The summed E-state index contributed by atoms with van der Waals surface area (Å²) in [6, 6.07) is 9.86. The molecule has 4 nitrogen and oxygen atoms in total. The van der Waals surface area contributed by atoms with Gasteiger partial charge in [0.25, 0.3) is 0 Å². The van der Waals surface area contributed by atoms with Crippen molar-refractivity contribution in [3.8, 4) is 0 Å². The number of carbonyl (C=O) groups is 1. The summed E-state index contributed by atoms with van der Waals surface area (Å²) in [5.74, 6) is 0.863. The molecule has 2 heterocycles. The highest BCUT2D eigenvalue weighted by atomic mass is 16.1. The Morgan fingerprint density at radius 2 is 1.95 bits per heavy atom. The van der Waals surface area contributed by atoms with Gasteiger partial charge in [-0.05, 0) is 30.0 Å². The van der Waals surface area contributed by atoms with Gasteiger partial charge < -0.3 is 0 Å². The van der Waals surface area contributed by atoms with Crippen LogP contribution < -0.4 is 0 Å². The van der Waals surface area contributed by atoms with Gasteiger partial charge in [-0.25, -0.2) is 9.67 Å². The zero-order valence-electron chi connectivity index (χ0n) is 11.6. The minimum atomic E-state index is -1.05. The van der Waals surface area contributed by atoms with Gasteiger partial charge in [-0.2, -0.15) is 0 Å². The van der Waals surface area contributed by atoms with Crippen molar-refractivity contribution in [3.63, 3.8) is 0 Å². The number of benzene rings is 1. The Balaban J connectivity index is 1.77. The second kappa shape index (κ2) is 4.33. The van der Waals surface area contributed by atoms with Gasteiger partial charge in [0.15, 0.2) is 0 Å². The summed E-state index contributed by atoms with van der Waals surface area (Å²) in [5.41, 5.74) is 1.08. The lowest BCUT2D eigenvalue weighted by Crippen LogP contribution is -2.25. The molecule has 2 aromatic rings. The molecule has 1 atom stereocenters. The van der Waals surface area contributed by atoms with Crippen molar-refractivity contribution in [2.24, 2.45) is 5.92 Å². The van der Waals surface area contributed by atoms with E-state index in [-0.39, 0.29) is 23.6 Å². The first-order valence-electron chi connectivity index (χ1n) is 7.20. The maximum Gasteiger partial charge on any atom is 0.217 e. The maximum absolute atomic E-state index is 12.1. The molecule has 0 amide bonds. The predicted octanol–water partition coefficient (Wildman–Crippen LogP) is 1.35. The fourth-order valence-corrected chi connectivity index (χ4v) is 2.92. The van der Waals surface area contributed by atoms with Gasteiger partial charge >= 0.3 is 0 Å². The number of nitrogens with zero attached hydrogens (tertiary/aromatic N) is 3. The summed E-state index contributed by atoms with van der Waals surface area (Å²) in [4.78, 5) is 16.5. The average Bonchev–Trinajstić information content (AvgIpc) is 3.17. The van der Waals surface area contributed by atoms with Crippen molar-refractivity contribution in [1.29, 1.82) is 0 Å². The number of aromatic nitrogens is 3. The highest BCUT2D eigenvalue weighted by molar-refractivity contribution is 6.40. The van der Waals surface area contributed by atoms with Crippen LogP contribution in [0.4, 0.5) is 0 Å². The van der Waals surface area contributed by atoms with E-state index in [1.54, 1.807) is 4.68 Å². The van der Waals surface area contributed by atoms with E-state index >= 15 is 0 Å². The Morgan fingerprint density at radius 3 is 2.62 bits per heavy atom. The molecular weight excluding hydrogens is 260 g/mol. The van der Waals surface area contributed by atoms with E-state index in [1.807, 2.05) is 30.3 Å². The van der Waals surface area contributed by atoms with E-state index in [1.165, 1.54) is 0 Å². The summed E-state index contributed by atoms with van der Waals surface area (Å²) < 4.78 is 1.73. The molecule has 1 aromatic heterocycles. The van der Waals surface area contributed by atoms with E-state index in [9.17, 15) is 4.79 Å². The summed E-state index contributed by atoms with van der Waals surface area (Å²) >= 11 is 0. The highest BCUT2D eigenvalue weighted by Crippen LogP contribution is 2.40. The quantitative estimate of drug-likeness (QED) is 0.626. The number of ketones is 1. The van der Waals surface area contributed by atoms with Gasteiger partial charge in [-0.1, -0.05) is 30.3 Å². The van der Waals surface area contributed by atoms with Crippen LogP contribution in [-0.2, 0) is 5.21 Å². The molecule has 6 heteroatoms. The lowest BCUT2D eigenvalue weighted by molar-refractivity contribution is 0.0957. The van der Waals surface area contributed by atoms with Crippen molar-refractivity contribution in [2.45, 2.75) is 30.5 Å². The van der Waals surface area contributed by atoms with Crippen LogP contribution in [-0.4, -0.2) is 36.2 Å². The van der Waals surface area contributed by atoms with Crippen molar-refractivity contribution in [2.75, 3.05) is 0 Å². The van der Waals surface area contributed by atoms with Gasteiger partial charge in [0.1, 0.15) is 5.82 Å². The molecule has 1 aliphatic heterocycles. The largest absolute Gasteiger partial charge is 0.290 e. The standard InChI is InChI=1S/C15H13B2N3O/c16-15(17)8-11(9-4-2-1-3-5-9)20-14(15)18-13(19-20)12(21)10-6-7-10/h1-5,10-11H,6-8H2/t11-/m0/s1. The summed E-state index contributed by atoms with van der Waals surface area (Å²) in [6.45, 7) is 0. The number of Topliss-reactive ketones (excluding diaryl/α,β-unsaturated/α-hetero) is 1. The molecule has 100 valence electrons. The Kier molecular flexibility index (Phi) is 2.65. The number of rotatable bonds is 3. The highest BCUT2D eigenvalue weighted by Gasteiger charge is 2.42. The van der Waals surface area contributed by atoms with Crippen LogP contribution >= 0.6 is 0 Å². The normalized spacial score (nSPS) is 23.0. The van der Waals surface area contributed by atoms with Crippen molar-refractivity contribution >= 4 is 21.5 Å². The van der Waals surface area contributed by atoms with Gasteiger partial charge in [0.2, 0.25) is 11.6 Å². The molecule has 0 saturated heterocycles. The minimum Gasteiger partial charge on any atom is -0.290 e. The van der Waals surface area contributed by atoms with Gasteiger partial charge in [-0.3, -0.25) is 4.79 Å². The zero-order valence-corrected chi connectivity index (χ0v) is 11.6. The zero-order chi connectivity index (χ0) is 14.6. The van der Waals surface area contributed by atoms with Crippen molar-refractivity contribution < 1.29 is 4.79 Å². The molecule has 4 radical (unpaired) electrons. The third kappa shape index (κ3) is 2.04. The van der Waals surface area contributed by atoms with Gasteiger partial charge in [-0.15, -0.1) is 5.10 Å². The fourth-order valence-electron chi connectivity index (χ4n) is 2.92. The average molecular weight is 273 g/mol. The molecule has 1 saturated carbocycles. The molecule has 1 fully saturated rings. The molecule has 0 spiro atoms. The molecule has 2 aliphatic rings. The Bertz CT molecular complexity index is 707. The lowest BCUT2D eigenvalue weighted by Gasteiger charge is -2.17. The van der Waals surface area contributed by atoms with Crippen LogP contribution in [0, 0.1) is 5.92 Å². The van der Waals surface area contributed by atoms with Crippen LogP contribution in [0.15, 0.2) is 30.3 Å². The molecule has 0 N–H and O–H groups in total. The predicted molar refractivity (Wildman–Crippen MR) is 79.5 cm³/mol. The number of fused-ring (bicyclic) bond motifs is 1. The number of hydrogen-bond donors (Lipinski definition) is 0. The monoisotopic (exact) mass is 273 g/mol. The van der Waals surface area contributed by atoms with E-state index in [0.29, 0.717) is 12.2 Å². The molecule has 4 rings (SSSR count). The van der Waals surface area contributed by atoms with Crippen LogP contribution in [0.1, 0.15) is 47.3 Å². The first-order valence-corrected chi connectivity index (χ1v) is 7.20. The van der Waals surface area contributed by atoms with Crippen LogP contribution in [0.25, 0.3) is 0 Å². The van der Waals surface area contributed by atoms with Crippen LogP contribution in [0.2, 0.25) is 0 Å². The van der Waals surface area contributed by atoms with Crippen LogP contribution in [0.5, 0.6) is 0 Å². The summed E-state index contributed by atoms with van der Waals surface area (Å²) in [5, 5.41) is 3.36. The lowest BCUT2D eigenvalue weighted by atomic mass is 9.52. The molecular formula is C15H13B2N3O. The molecule has 0 bridgehead atoms. The van der Waals surface area contributed by atoms with Gasteiger partial charge in [0.05, 0.1) is 21.7 Å². The summed E-state index contributed by atoms with van der Waals surface area (Å²) in [7, 11) is 12.3. The van der Waals surface area contributed by atoms with Gasteiger partial charge in [0, 0.05) is 5.92 Å². The van der Waals surface area contributed by atoms with Crippen molar-refractivity contribution in [1.82, 2.24) is 14.8 Å². The van der Waals surface area contributed by atoms with E-state index in [2.05, 4.69) is 10.1 Å². The molecule has 1 aliphatic carbocycles. The van der Waals surface area contributed by atoms with E-state index in [0.717, 1.165) is 18.4 Å². The van der Waals surface area contributed by atoms with Crippen molar-refractivity contribution in [3.05, 3.63) is 47.5 Å². The number of hydrogen-bond acceptors (Lipinski definition) is 3.